The molecular weight excluding hydrogens is 336 g/mol. The number of nitrogens with one attached hydrogen (secondary N) is 1. The van der Waals surface area contributed by atoms with Crippen LogP contribution in [0.1, 0.15) is 65.2 Å². The van der Waals surface area contributed by atoms with Crippen LogP contribution in [0.4, 0.5) is 0 Å². The number of carbonyl (C=O) groups excluding carboxylic acids is 4. The Morgan fingerprint density at radius 1 is 1.12 bits per heavy atom. The third-order valence-corrected chi connectivity index (χ3v) is 4.14. The van der Waals surface area contributed by atoms with Crippen molar-refractivity contribution < 1.29 is 23.9 Å². The van der Waals surface area contributed by atoms with Gasteiger partial charge in [0, 0.05) is 13.1 Å². The Morgan fingerprint density at radius 2 is 1.77 bits per heavy atom. The van der Waals surface area contributed by atoms with Crippen molar-refractivity contribution in [3.8, 4) is 0 Å². The molecule has 1 aromatic carbocycles. The number of esters is 1. The Kier molecular flexibility index (Phi) is 6.13. The highest BCUT2D eigenvalue weighted by Gasteiger charge is 2.36. The van der Waals surface area contributed by atoms with E-state index < -0.39 is 23.9 Å². The van der Waals surface area contributed by atoms with Gasteiger partial charge in [0.25, 0.3) is 17.7 Å². The maximum absolute atomic E-state index is 12.5. The summed E-state index contributed by atoms with van der Waals surface area (Å²) in [7, 11) is 0. The standard InChI is InChI=1S/C19H24N2O5/c1-5-20-16(22)12(4)26-19(25)13-6-7-14-15(10-13)18(24)21(17(14)23)9-8-11(2)3/h6-7,10-12H,5,8-9H2,1-4H3,(H,20,22)/t12-/m1/s1. The van der Waals surface area contributed by atoms with Crippen LogP contribution in [0.3, 0.4) is 0 Å². The average molecular weight is 360 g/mol. The summed E-state index contributed by atoms with van der Waals surface area (Å²) in [5.74, 6) is -1.50. The zero-order valence-electron chi connectivity index (χ0n) is 15.5. The number of hydrogen-bond donors (Lipinski definition) is 1. The molecule has 1 aliphatic rings. The third kappa shape index (κ3) is 4.09. The maximum Gasteiger partial charge on any atom is 0.338 e. The predicted octanol–water partition coefficient (Wildman–Crippen LogP) is 2.01. The van der Waals surface area contributed by atoms with E-state index in [9.17, 15) is 19.2 Å². The Bertz CT molecular complexity index is 741. The van der Waals surface area contributed by atoms with Crippen molar-refractivity contribution in [2.24, 2.45) is 5.92 Å². The fourth-order valence-electron chi connectivity index (χ4n) is 2.61. The molecule has 0 saturated carbocycles. The second-order valence-electron chi connectivity index (χ2n) is 6.65. The summed E-state index contributed by atoms with van der Waals surface area (Å²) in [6, 6.07) is 4.25. The topological polar surface area (TPSA) is 92.8 Å². The number of fused-ring (bicyclic) bond motifs is 1. The summed E-state index contributed by atoms with van der Waals surface area (Å²) in [5, 5.41) is 2.56. The summed E-state index contributed by atoms with van der Waals surface area (Å²) in [6.45, 7) is 8.05. The first-order valence-corrected chi connectivity index (χ1v) is 8.75. The van der Waals surface area contributed by atoms with Crippen molar-refractivity contribution >= 4 is 23.7 Å². The molecule has 0 bridgehead atoms. The molecule has 1 atom stereocenters. The summed E-state index contributed by atoms with van der Waals surface area (Å²) in [4.78, 5) is 50.0. The lowest BCUT2D eigenvalue weighted by Crippen LogP contribution is -2.35. The highest BCUT2D eigenvalue weighted by Crippen LogP contribution is 2.25. The Labute approximate surface area is 152 Å². The van der Waals surface area contributed by atoms with Gasteiger partial charge < -0.3 is 10.1 Å². The molecule has 0 aliphatic carbocycles. The molecule has 26 heavy (non-hydrogen) atoms. The summed E-state index contributed by atoms with van der Waals surface area (Å²) in [5.41, 5.74) is 0.609. The maximum atomic E-state index is 12.5. The minimum Gasteiger partial charge on any atom is -0.449 e. The van der Waals surface area contributed by atoms with Crippen molar-refractivity contribution in [3.63, 3.8) is 0 Å². The van der Waals surface area contributed by atoms with Gasteiger partial charge in [0.1, 0.15) is 0 Å². The van der Waals surface area contributed by atoms with Crippen LogP contribution in [0.25, 0.3) is 0 Å². The van der Waals surface area contributed by atoms with Gasteiger partial charge in [0.05, 0.1) is 16.7 Å². The highest BCUT2D eigenvalue weighted by molar-refractivity contribution is 6.22. The smallest absolute Gasteiger partial charge is 0.338 e. The molecule has 2 rings (SSSR count). The summed E-state index contributed by atoms with van der Waals surface area (Å²) in [6.07, 6.45) is -0.236. The van der Waals surface area contributed by atoms with Crippen molar-refractivity contribution in [3.05, 3.63) is 34.9 Å². The largest absolute Gasteiger partial charge is 0.449 e. The number of amides is 3. The zero-order chi connectivity index (χ0) is 19.4. The molecule has 1 N–H and O–H groups in total. The lowest BCUT2D eigenvalue weighted by molar-refractivity contribution is -0.128. The van der Waals surface area contributed by atoms with E-state index in [-0.39, 0.29) is 22.6 Å². The molecule has 0 spiro atoms. The fourth-order valence-corrected chi connectivity index (χ4v) is 2.61. The molecule has 0 unspecified atom stereocenters. The van der Waals surface area contributed by atoms with Gasteiger partial charge in [0.15, 0.2) is 6.10 Å². The van der Waals surface area contributed by atoms with Crippen LogP contribution in [0.15, 0.2) is 18.2 Å². The quantitative estimate of drug-likeness (QED) is 0.593. The monoisotopic (exact) mass is 360 g/mol. The third-order valence-electron chi connectivity index (χ3n) is 4.14. The van der Waals surface area contributed by atoms with Crippen LogP contribution in [0, 0.1) is 5.92 Å². The Balaban J connectivity index is 2.15. The molecule has 1 aliphatic heterocycles. The van der Waals surface area contributed by atoms with Crippen LogP contribution in [-0.2, 0) is 9.53 Å². The lowest BCUT2D eigenvalue weighted by atomic mass is 10.1. The lowest BCUT2D eigenvalue weighted by Gasteiger charge is -2.14. The second-order valence-corrected chi connectivity index (χ2v) is 6.65. The normalized spacial score (nSPS) is 14.4. The van der Waals surface area contributed by atoms with Gasteiger partial charge in [-0.3, -0.25) is 19.3 Å². The molecule has 1 aromatic rings. The minimum absolute atomic E-state index is 0.131. The summed E-state index contributed by atoms with van der Waals surface area (Å²) >= 11 is 0. The van der Waals surface area contributed by atoms with Crippen molar-refractivity contribution in [2.45, 2.75) is 40.2 Å². The molecule has 3 amide bonds. The Morgan fingerprint density at radius 3 is 2.38 bits per heavy atom. The Hall–Kier alpha value is -2.70. The van der Waals surface area contributed by atoms with Crippen LogP contribution in [-0.4, -0.2) is 47.8 Å². The van der Waals surface area contributed by atoms with Gasteiger partial charge in [-0.15, -0.1) is 0 Å². The van der Waals surface area contributed by atoms with E-state index in [1.807, 2.05) is 13.8 Å². The first-order valence-electron chi connectivity index (χ1n) is 8.75. The van der Waals surface area contributed by atoms with Crippen LogP contribution in [0.5, 0.6) is 0 Å². The van der Waals surface area contributed by atoms with Crippen LogP contribution in [0.2, 0.25) is 0 Å². The van der Waals surface area contributed by atoms with Gasteiger partial charge in [-0.05, 0) is 44.4 Å². The number of imide groups is 1. The summed E-state index contributed by atoms with van der Waals surface area (Å²) < 4.78 is 5.12. The van der Waals surface area contributed by atoms with E-state index in [0.717, 1.165) is 0 Å². The van der Waals surface area contributed by atoms with E-state index in [1.165, 1.54) is 30.0 Å². The van der Waals surface area contributed by atoms with E-state index in [1.54, 1.807) is 6.92 Å². The zero-order valence-corrected chi connectivity index (χ0v) is 15.5. The number of likely N-dealkylation sites (N-methyl/N-ethyl adjacent to an activating group) is 1. The van der Waals surface area contributed by atoms with Crippen molar-refractivity contribution in [1.29, 1.82) is 0 Å². The molecule has 140 valence electrons. The van der Waals surface area contributed by atoms with Gasteiger partial charge in [-0.25, -0.2) is 4.79 Å². The molecule has 0 aromatic heterocycles. The number of ether oxygens (including phenoxy) is 1. The first kappa shape index (κ1) is 19.6. The number of hydrogen-bond acceptors (Lipinski definition) is 5. The molecule has 0 fully saturated rings. The second kappa shape index (κ2) is 8.12. The number of carbonyl (C=O) groups is 4. The van der Waals surface area contributed by atoms with Crippen molar-refractivity contribution in [1.82, 2.24) is 10.2 Å². The van der Waals surface area contributed by atoms with E-state index in [0.29, 0.717) is 25.4 Å². The molecule has 0 saturated heterocycles. The van der Waals surface area contributed by atoms with Gasteiger partial charge >= 0.3 is 5.97 Å². The van der Waals surface area contributed by atoms with Gasteiger partial charge in [-0.2, -0.15) is 0 Å². The predicted molar refractivity (Wildman–Crippen MR) is 94.8 cm³/mol. The van der Waals surface area contributed by atoms with E-state index in [2.05, 4.69) is 5.32 Å². The van der Waals surface area contributed by atoms with Gasteiger partial charge in [0.2, 0.25) is 0 Å². The minimum atomic E-state index is -0.949. The highest BCUT2D eigenvalue weighted by atomic mass is 16.5. The van der Waals surface area contributed by atoms with Gasteiger partial charge in [-0.1, -0.05) is 13.8 Å². The first-order chi connectivity index (χ1) is 12.3. The van der Waals surface area contributed by atoms with Crippen LogP contribution >= 0.6 is 0 Å². The van der Waals surface area contributed by atoms with E-state index >= 15 is 0 Å². The molecule has 0 radical (unpaired) electrons. The number of nitrogens with zero attached hydrogens (tertiary/aromatic N) is 1. The fraction of sp³-hybridized carbons (Fsp3) is 0.474. The molecule has 1 heterocycles. The molecule has 7 nitrogen and oxygen atoms in total. The van der Waals surface area contributed by atoms with Crippen LogP contribution < -0.4 is 5.32 Å². The van der Waals surface area contributed by atoms with Crippen molar-refractivity contribution in [2.75, 3.05) is 13.1 Å². The van der Waals surface area contributed by atoms with E-state index in [4.69, 9.17) is 4.74 Å². The number of rotatable bonds is 7. The SMILES string of the molecule is CCNC(=O)[C@@H](C)OC(=O)c1ccc2c(c1)C(=O)N(CCC(C)C)C2=O. The molecular formula is C19H24N2O5. The molecule has 7 heteroatoms. The average Bonchev–Trinajstić information content (AvgIpc) is 2.83. The number of benzene rings is 1.